The minimum atomic E-state index is -0.211. The van der Waals surface area contributed by atoms with E-state index < -0.39 is 0 Å². The average molecular weight is 661 g/mol. The number of carbonyl (C=O) groups is 2. The molecule has 2 amide bonds. The van der Waals surface area contributed by atoms with Crippen LogP contribution >= 0.6 is 0 Å². The van der Waals surface area contributed by atoms with E-state index in [0.29, 0.717) is 35.8 Å². The van der Waals surface area contributed by atoms with Crippen LogP contribution in [0, 0.1) is 0 Å². The quantitative estimate of drug-likeness (QED) is 0.110. The van der Waals surface area contributed by atoms with Crippen molar-refractivity contribution in [2.75, 3.05) is 36.1 Å². The molecule has 0 unspecified atom stereocenters. The molecule has 0 saturated carbocycles. The number of carbonyl (C=O) groups excluding carboxylic acids is 2. The Morgan fingerprint density at radius 2 is 0.720 bits per heavy atom. The van der Waals surface area contributed by atoms with E-state index in [1.165, 1.54) is 0 Å². The molecule has 0 heterocycles. The van der Waals surface area contributed by atoms with Gasteiger partial charge < -0.3 is 19.3 Å². The first-order valence-corrected chi connectivity index (χ1v) is 16.9. The Morgan fingerprint density at radius 1 is 0.400 bits per heavy atom. The smallest absolute Gasteiger partial charge is 0.262 e. The molecule has 0 saturated heterocycles. The van der Waals surface area contributed by atoms with E-state index in [0.717, 1.165) is 35.3 Å². The maximum atomic E-state index is 14.4. The number of amides is 2. The normalized spacial score (nSPS) is 10.6. The highest BCUT2D eigenvalue weighted by Gasteiger charge is 2.26. The zero-order valence-corrected chi connectivity index (χ0v) is 27.9. The number of nitrogens with zero attached hydrogens (tertiary/aromatic N) is 2. The molecule has 50 heavy (non-hydrogen) atoms. The molecule has 0 aromatic heterocycles. The number of benzene rings is 6. The van der Waals surface area contributed by atoms with Gasteiger partial charge in [-0.1, -0.05) is 121 Å². The number of hydrogen-bond donors (Lipinski definition) is 0. The average Bonchev–Trinajstić information content (AvgIpc) is 3.18. The van der Waals surface area contributed by atoms with Gasteiger partial charge in [-0.2, -0.15) is 0 Å². The van der Waals surface area contributed by atoms with Crippen molar-refractivity contribution >= 4 is 23.2 Å². The summed E-state index contributed by atoms with van der Waals surface area (Å²) in [5.74, 6) is 0.618. The summed E-state index contributed by atoms with van der Waals surface area (Å²) in [6, 6.07) is 54.0. The second-order valence-corrected chi connectivity index (χ2v) is 11.7. The van der Waals surface area contributed by atoms with Gasteiger partial charge in [-0.25, -0.2) is 0 Å². The zero-order valence-electron chi connectivity index (χ0n) is 27.9. The van der Waals surface area contributed by atoms with E-state index in [4.69, 9.17) is 9.47 Å². The monoisotopic (exact) mass is 660 g/mol. The highest BCUT2D eigenvalue weighted by atomic mass is 16.5. The molecule has 6 rings (SSSR count). The zero-order chi connectivity index (χ0) is 34.4. The first-order valence-electron chi connectivity index (χ1n) is 16.9. The Labute approximate surface area is 294 Å². The summed E-state index contributed by atoms with van der Waals surface area (Å²) in [5.41, 5.74) is 4.69. The molecule has 6 aromatic carbocycles. The van der Waals surface area contributed by atoms with Crippen molar-refractivity contribution in [3.63, 3.8) is 0 Å². The van der Waals surface area contributed by atoms with Crippen molar-refractivity contribution < 1.29 is 19.1 Å². The summed E-state index contributed by atoms with van der Waals surface area (Å²) < 4.78 is 12.4. The lowest BCUT2D eigenvalue weighted by Crippen LogP contribution is -2.41. The second-order valence-electron chi connectivity index (χ2n) is 11.7. The van der Waals surface area contributed by atoms with Crippen LogP contribution in [0.5, 0.6) is 11.5 Å². The predicted octanol–water partition coefficient (Wildman–Crippen LogP) is 8.92. The number of ether oxygens (including phenoxy) is 2. The fourth-order valence-corrected chi connectivity index (χ4v) is 5.79. The standard InChI is InChI=1S/C44H40N2O4/c47-43(39-25-13-15-27-41(39)49-33-29-35-17-5-1-6-18-35)45(37-21-9-3-10-22-37)31-32-46(38-23-11-4-12-24-38)44(48)40-26-14-16-28-42(40)50-34-30-36-19-7-2-8-20-36/h1-28H,29-34H2. The number of rotatable bonds is 15. The third-order valence-electron chi connectivity index (χ3n) is 8.39. The van der Waals surface area contributed by atoms with Crippen LogP contribution in [-0.2, 0) is 12.8 Å². The first kappa shape index (κ1) is 33.7. The fraction of sp³-hybridized carbons (Fsp3) is 0.136. The largest absolute Gasteiger partial charge is 0.492 e. The molecule has 0 aliphatic rings. The van der Waals surface area contributed by atoms with E-state index in [-0.39, 0.29) is 24.9 Å². The summed E-state index contributed by atoms with van der Waals surface area (Å²) in [4.78, 5) is 32.2. The van der Waals surface area contributed by atoms with Crippen LogP contribution in [-0.4, -0.2) is 38.1 Å². The Bertz CT molecular complexity index is 1810. The van der Waals surface area contributed by atoms with E-state index in [9.17, 15) is 9.59 Å². The molecule has 6 nitrogen and oxygen atoms in total. The van der Waals surface area contributed by atoms with Crippen LogP contribution in [0.1, 0.15) is 31.8 Å². The molecule has 0 N–H and O–H groups in total. The highest BCUT2D eigenvalue weighted by molar-refractivity contribution is 6.09. The predicted molar refractivity (Wildman–Crippen MR) is 200 cm³/mol. The van der Waals surface area contributed by atoms with Crippen molar-refractivity contribution in [3.8, 4) is 11.5 Å². The van der Waals surface area contributed by atoms with Crippen molar-refractivity contribution in [2.45, 2.75) is 12.8 Å². The summed E-state index contributed by atoms with van der Waals surface area (Å²) in [5, 5.41) is 0. The number of anilines is 2. The molecule has 0 spiro atoms. The van der Waals surface area contributed by atoms with E-state index >= 15 is 0 Å². The van der Waals surface area contributed by atoms with Crippen LogP contribution in [0.3, 0.4) is 0 Å². The lowest BCUT2D eigenvalue weighted by atomic mass is 10.1. The maximum Gasteiger partial charge on any atom is 0.262 e. The molecular formula is C44H40N2O4. The molecule has 0 fully saturated rings. The highest BCUT2D eigenvalue weighted by Crippen LogP contribution is 2.27. The number of para-hydroxylation sites is 4. The van der Waals surface area contributed by atoms with Gasteiger partial charge >= 0.3 is 0 Å². The van der Waals surface area contributed by atoms with E-state index in [1.54, 1.807) is 21.9 Å². The van der Waals surface area contributed by atoms with E-state index in [2.05, 4.69) is 24.3 Å². The molecular weight excluding hydrogens is 620 g/mol. The molecule has 0 radical (unpaired) electrons. The third-order valence-corrected chi connectivity index (χ3v) is 8.39. The molecule has 6 heteroatoms. The summed E-state index contributed by atoms with van der Waals surface area (Å²) in [6.45, 7) is 1.34. The van der Waals surface area contributed by atoms with Crippen LogP contribution in [0.2, 0.25) is 0 Å². The van der Waals surface area contributed by atoms with Gasteiger partial charge in [0.1, 0.15) is 11.5 Å². The number of hydrogen-bond acceptors (Lipinski definition) is 4. The topological polar surface area (TPSA) is 59.1 Å². The Kier molecular flexibility index (Phi) is 11.7. The van der Waals surface area contributed by atoms with Crippen LogP contribution in [0.15, 0.2) is 170 Å². The van der Waals surface area contributed by atoms with Gasteiger partial charge in [0.15, 0.2) is 0 Å². The van der Waals surface area contributed by atoms with Crippen molar-refractivity contribution in [1.29, 1.82) is 0 Å². The molecule has 0 bridgehead atoms. The van der Waals surface area contributed by atoms with Crippen LogP contribution < -0.4 is 19.3 Å². The van der Waals surface area contributed by atoms with Gasteiger partial charge in [-0.15, -0.1) is 0 Å². The lowest BCUT2D eigenvalue weighted by Gasteiger charge is -2.29. The van der Waals surface area contributed by atoms with Crippen molar-refractivity contribution in [1.82, 2.24) is 0 Å². The fourth-order valence-electron chi connectivity index (χ4n) is 5.79. The Hall–Kier alpha value is -6.14. The summed E-state index contributed by atoms with van der Waals surface area (Å²) in [7, 11) is 0. The maximum absolute atomic E-state index is 14.4. The lowest BCUT2D eigenvalue weighted by molar-refractivity contribution is 0.0963. The van der Waals surface area contributed by atoms with Crippen molar-refractivity contribution in [2.24, 2.45) is 0 Å². The molecule has 6 aromatic rings. The SMILES string of the molecule is O=C(c1ccccc1OCCc1ccccc1)N(CCN(C(=O)c1ccccc1OCCc1ccccc1)c1ccccc1)c1ccccc1. The van der Waals surface area contributed by atoms with Gasteiger partial charge in [0.2, 0.25) is 0 Å². The minimum Gasteiger partial charge on any atom is -0.492 e. The second kappa shape index (κ2) is 17.3. The van der Waals surface area contributed by atoms with Gasteiger partial charge in [-0.05, 0) is 59.7 Å². The van der Waals surface area contributed by atoms with Crippen molar-refractivity contribution in [3.05, 3.63) is 192 Å². The van der Waals surface area contributed by atoms with Gasteiger partial charge in [0.05, 0.1) is 24.3 Å². The van der Waals surface area contributed by atoms with E-state index in [1.807, 2.05) is 133 Å². The summed E-state index contributed by atoms with van der Waals surface area (Å²) in [6.07, 6.45) is 1.44. The van der Waals surface area contributed by atoms with Gasteiger partial charge in [0, 0.05) is 37.3 Å². The summed E-state index contributed by atoms with van der Waals surface area (Å²) >= 11 is 0. The van der Waals surface area contributed by atoms with Gasteiger partial charge in [-0.3, -0.25) is 9.59 Å². The van der Waals surface area contributed by atoms with Crippen LogP contribution in [0.4, 0.5) is 11.4 Å². The van der Waals surface area contributed by atoms with Crippen LogP contribution in [0.25, 0.3) is 0 Å². The molecule has 0 atom stereocenters. The molecule has 250 valence electrons. The Morgan fingerprint density at radius 3 is 1.10 bits per heavy atom. The van der Waals surface area contributed by atoms with Gasteiger partial charge in [0.25, 0.3) is 11.8 Å². The molecule has 0 aliphatic heterocycles. The first-order chi connectivity index (χ1) is 24.7. The Balaban J connectivity index is 1.23. The molecule has 0 aliphatic carbocycles. The third kappa shape index (κ3) is 8.85. The minimum absolute atomic E-state index is 0.211.